The molecule has 1 aliphatic heterocycles. The fourth-order valence-corrected chi connectivity index (χ4v) is 2.36. The Bertz CT molecular complexity index is 163. The van der Waals surface area contributed by atoms with E-state index in [1.165, 1.54) is 19.3 Å². The molecule has 2 aliphatic rings. The SMILES string of the molecule is C1=CSC2CCCC=12. The van der Waals surface area contributed by atoms with Crippen LogP contribution in [-0.4, -0.2) is 5.25 Å². The van der Waals surface area contributed by atoms with Gasteiger partial charge < -0.3 is 0 Å². The summed E-state index contributed by atoms with van der Waals surface area (Å²) in [5.41, 5.74) is 4.84. The zero-order valence-electron chi connectivity index (χ0n) is 4.68. The summed E-state index contributed by atoms with van der Waals surface area (Å²) >= 11 is 1.94. The van der Waals surface area contributed by atoms with Gasteiger partial charge in [-0.2, -0.15) is 0 Å². The molecule has 0 bridgehead atoms. The lowest BCUT2D eigenvalue weighted by molar-refractivity contribution is 0.894. The minimum absolute atomic E-state index is 0.843. The molecule has 1 heterocycles. The third-order valence-electron chi connectivity index (χ3n) is 1.78. The second-order valence-corrected chi connectivity index (χ2v) is 3.38. The zero-order valence-corrected chi connectivity index (χ0v) is 5.50. The minimum atomic E-state index is 0.843. The predicted molar refractivity (Wildman–Crippen MR) is 36.8 cm³/mol. The third kappa shape index (κ3) is 0.553. The van der Waals surface area contributed by atoms with Crippen LogP contribution in [0, 0.1) is 0 Å². The molecule has 0 N–H and O–H groups in total. The molecule has 0 aromatic rings. The Morgan fingerprint density at radius 1 is 1.75 bits per heavy atom. The summed E-state index contributed by atoms with van der Waals surface area (Å²) < 4.78 is 0. The van der Waals surface area contributed by atoms with Crippen LogP contribution >= 0.6 is 11.8 Å². The van der Waals surface area contributed by atoms with E-state index in [-0.39, 0.29) is 0 Å². The first-order valence-electron chi connectivity index (χ1n) is 3.06. The monoisotopic (exact) mass is 124 g/mol. The van der Waals surface area contributed by atoms with Crippen molar-refractivity contribution in [1.29, 1.82) is 0 Å². The van der Waals surface area contributed by atoms with Crippen LogP contribution in [0.15, 0.2) is 16.7 Å². The standard InChI is InChI=1S/C7H8S/c1-2-6-4-5-8-7(6)3-1/h5,7H,1-3H2. The Labute approximate surface area is 53.7 Å². The van der Waals surface area contributed by atoms with Crippen LogP contribution in [0.2, 0.25) is 0 Å². The number of hydrogen-bond acceptors (Lipinski definition) is 1. The lowest BCUT2D eigenvalue weighted by Crippen LogP contribution is -1.90. The van der Waals surface area contributed by atoms with Gasteiger partial charge in [-0.3, -0.25) is 0 Å². The third-order valence-corrected chi connectivity index (χ3v) is 2.88. The van der Waals surface area contributed by atoms with E-state index in [9.17, 15) is 0 Å². The molecule has 42 valence electrons. The topological polar surface area (TPSA) is 0 Å². The summed E-state index contributed by atoms with van der Waals surface area (Å²) in [6.07, 6.45) is 4.10. The molecular formula is C7H8S. The molecule has 0 saturated heterocycles. The van der Waals surface area contributed by atoms with E-state index >= 15 is 0 Å². The van der Waals surface area contributed by atoms with Crippen molar-refractivity contribution in [3.63, 3.8) is 0 Å². The van der Waals surface area contributed by atoms with Gasteiger partial charge in [0, 0.05) is 10.7 Å². The second kappa shape index (κ2) is 1.68. The summed E-state index contributed by atoms with van der Waals surface area (Å²) in [5, 5.41) is 2.95. The van der Waals surface area contributed by atoms with Crippen molar-refractivity contribution in [2.75, 3.05) is 0 Å². The van der Waals surface area contributed by atoms with E-state index < -0.39 is 0 Å². The Morgan fingerprint density at radius 2 is 2.75 bits per heavy atom. The van der Waals surface area contributed by atoms with Gasteiger partial charge in [0.2, 0.25) is 0 Å². The van der Waals surface area contributed by atoms with Crippen LogP contribution in [0.1, 0.15) is 19.3 Å². The van der Waals surface area contributed by atoms with Gasteiger partial charge in [-0.1, -0.05) is 0 Å². The van der Waals surface area contributed by atoms with E-state index in [1.54, 1.807) is 5.57 Å². The van der Waals surface area contributed by atoms with Crippen LogP contribution in [0.25, 0.3) is 0 Å². The van der Waals surface area contributed by atoms with Crippen LogP contribution in [0.4, 0.5) is 0 Å². The first-order valence-corrected chi connectivity index (χ1v) is 4.00. The summed E-state index contributed by atoms with van der Waals surface area (Å²) in [4.78, 5) is 0. The summed E-state index contributed by atoms with van der Waals surface area (Å²) in [6.45, 7) is 0. The zero-order chi connectivity index (χ0) is 5.40. The van der Waals surface area contributed by atoms with Crippen LogP contribution in [-0.2, 0) is 0 Å². The van der Waals surface area contributed by atoms with E-state index in [0.29, 0.717) is 0 Å². The van der Waals surface area contributed by atoms with Crippen molar-refractivity contribution >= 4 is 11.8 Å². The lowest BCUT2D eigenvalue weighted by atomic mass is 10.2. The van der Waals surface area contributed by atoms with Crippen molar-refractivity contribution in [2.24, 2.45) is 0 Å². The highest BCUT2D eigenvalue weighted by Gasteiger charge is 2.22. The minimum Gasteiger partial charge on any atom is -0.117 e. The number of rotatable bonds is 0. The van der Waals surface area contributed by atoms with Crippen LogP contribution in [0.5, 0.6) is 0 Å². The Morgan fingerprint density at radius 3 is 3.62 bits per heavy atom. The normalized spacial score (nSPS) is 33.0. The molecule has 1 heteroatoms. The van der Waals surface area contributed by atoms with Crippen molar-refractivity contribution in [3.05, 3.63) is 16.7 Å². The highest BCUT2D eigenvalue weighted by molar-refractivity contribution is 8.03. The van der Waals surface area contributed by atoms with E-state index in [0.717, 1.165) is 5.25 Å². The van der Waals surface area contributed by atoms with E-state index in [1.807, 2.05) is 11.8 Å². The fourth-order valence-electron chi connectivity index (χ4n) is 1.32. The molecule has 0 aromatic carbocycles. The largest absolute Gasteiger partial charge is 0.117 e. The number of thioether (sulfide) groups is 1. The first kappa shape index (κ1) is 4.72. The van der Waals surface area contributed by atoms with Crippen molar-refractivity contribution in [1.82, 2.24) is 0 Å². The van der Waals surface area contributed by atoms with Crippen molar-refractivity contribution in [3.8, 4) is 0 Å². The maximum atomic E-state index is 3.27. The van der Waals surface area contributed by atoms with Crippen LogP contribution < -0.4 is 0 Å². The van der Waals surface area contributed by atoms with Gasteiger partial charge in [0.25, 0.3) is 0 Å². The molecule has 0 nitrogen and oxygen atoms in total. The van der Waals surface area contributed by atoms with Gasteiger partial charge >= 0.3 is 0 Å². The molecule has 8 heavy (non-hydrogen) atoms. The van der Waals surface area contributed by atoms with Crippen LogP contribution in [0.3, 0.4) is 0 Å². The average molecular weight is 124 g/mol. The second-order valence-electron chi connectivity index (χ2n) is 2.30. The molecule has 1 atom stereocenters. The highest BCUT2D eigenvalue weighted by atomic mass is 32.2. The molecular weight excluding hydrogens is 116 g/mol. The van der Waals surface area contributed by atoms with Gasteiger partial charge in [-0.05, 0) is 24.8 Å². The maximum absolute atomic E-state index is 3.27. The Kier molecular flexibility index (Phi) is 0.991. The lowest BCUT2D eigenvalue weighted by Gasteiger charge is -1.97. The van der Waals surface area contributed by atoms with E-state index in [2.05, 4.69) is 11.1 Å². The van der Waals surface area contributed by atoms with E-state index in [4.69, 9.17) is 0 Å². The molecule has 1 aliphatic carbocycles. The molecule has 0 aromatic heterocycles. The van der Waals surface area contributed by atoms with Gasteiger partial charge in [-0.25, -0.2) is 0 Å². The average Bonchev–Trinajstić information content (AvgIpc) is 2.15. The van der Waals surface area contributed by atoms with Gasteiger partial charge in [-0.15, -0.1) is 17.5 Å². The number of hydrogen-bond donors (Lipinski definition) is 0. The molecule has 0 radical (unpaired) electrons. The summed E-state index contributed by atoms with van der Waals surface area (Å²) in [6, 6.07) is 0. The molecule has 1 saturated carbocycles. The summed E-state index contributed by atoms with van der Waals surface area (Å²) in [5.74, 6) is 0. The van der Waals surface area contributed by atoms with Gasteiger partial charge in [0.1, 0.15) is 0 Å². The first-order chi connectivity index (χ1) is 3.97. The van der Waals surface area contributed by atoms with Gasteiger partial charge in [0.15, 0.2) is 0 Å². The predicted octanol–water partition coefficient (Wildman–Crippen LogP) is 2.32. The fraction of sp³-hybridized carbons (Fsp3) is 0.571. The molecule has 2 rings (SSSR count). The maximum Gasteiger partial charge on any atom is 0.0379 e. The van der Waals surface area contributed by atoms with Crippen molar-refractivity contribution < 1.29 is 0 Å². The number of fused-ring (bicyclic) bond motifs is 1. The van der Waals surface area contributed by atoms with Crippen molar-refractivity contribution in [2.45, 2.75) is 24.5 Å². The highest BCUT2D eigenvalue weighted by Crippen LogP contribution is 2.37. The van der Waals surface area contributed by atoms with Gasteiger partial charge in [0.05, 0.1) is 0 Å². The smallest absolute Gasteiger partial charge is 0.0379 e. The molecule has 0 spiro atoms. The quantitative estimate of drug-likeness (QED) is 0.446. The molecule has 1 unspecified atom stereocenters. The molecule has 1 fully saturated rings. The Balaban J connectivity index is 2.31. The Hall–Kier alpha value is -0.130. The summed E-state index contributed by atoms with van der Waals surface area (Å²) in [7, 11) is 0. The molecule has 0 amide bonds.